The minimum absolute atomic E-state index is 0.149. The van der Waals surface area contributed by atoms with Crippen LogP contribution in [0.3, 0.4) is 0 Å². The first kappa shape index (κ1) is 15.3. The molecule has 0 aliphatic rings. The number of nitrogens with zero attached hydrogens (tertiary/aromatic N) is 3. The van der Waals surface area contributed by atoms with Gasteiger partial charge in [-0.1, -0.05) is 0 Å². The van der Waals surface area contributed by atoms with E-state index >= 15 is 0 Å². The Bertz CT molecular complexity index is 659. The number of carbonyl (C=O) groups excluding carboxylic acids is 1. The summed E-state index contributed by atoms with van der Waals surface area (Å²) in [5, 5.41) is 13.3. The van der Waals surface area contributed by atoms with Crippen molar-refractivity contribution in [2.24, 2.45) is 0 Å². The van der Waals surface area contributed by atoms with Gasteiger partial charge in [0.2, 0.25) is 0 Å². The molecule has 21 heavy (non-hydrogen) atoms. The molecule has 0 aliphatic heterocycles. The molecule has 1 amide bonds. The molecule has 0 spiro atoms. The molecule has 2 heterocycles. The van der Waals surface area contributed by atoms with Crippen molar-refractivity contribution < 1.29 is 4.79 Å². The van der Waals surface area contributed by atoms with Crippen molar-refractivity contribution in [2.45, 2.75) is 13.3 Å². The molecule has 0 bridgehead atoms. The van der Waals surface area contributed by atoms with Crippen LogP contribution in [-0.2, 0) is 0 Å². The van der Waals surface area contributed by atoms with Gasteiger partial charge in [-0.05, 0) is 31.4 Å². The van der Waals surface area contributed by atoms with Crippen LogP contribution in [-0.4, -0.2) is 44.4 Å². The number of hydrogen-bond donors (Lipinski definition) is 2. The van der Waals surface area contributed by atoms with E-state index in [4.69, 9.17) is 0 Å². The van der Waals surface area contributed by atoms with E-state index in [2.05, 4.69) is 20.6 Å². The van der Waals surface area contributed by atoms with E-state index in [0.717, 1.165) is 12.2 Å². The van der Waals surface area contributed by atoms with Crippen molar-refractivity contribution in [3.05, 3.63) is 39.9 Å². The maximum Gasteiger partial charge on any atom is 0.264 e. The Hall–Kier alpha value is -2.09. The van der Waals surface area contributed by atoms with Gasteiger partial charge in [0.25, 0.3) is 11.5 Å². The van der Waals surface area contributed by atoms with E-state index in [1.54, 1.807) is 24.8 Å². The van der Waals surface area contributed by atoms with Gasteiger partial charge in [-0.15, -0.1) is 0 Å². The molecule has 2 aromatic heterocycles. The van der Waals surface area contributed by atoms with E-state index in [-0.39, 0.29) is 11.5 Å². The highest BCUT2D eigenvalue weighted by atomic mass is 32.2. The quantitative estimate of drug-likeness (QED) is 0.768. The number of rotatable bonds is 6. The Labute approximate surface area is 126 Å². The second-order valence-electron chi connectivity index (χ2n) is 4.44. The normalized spacial score (nSPS) is 10.6. The van der Waals surface area contributed by atoms with Crippen LogP contribution in [0.1, 0.15) is 22.5 Å². The van der Waals surface area contributed by atoms with E-state index in [1.165, 1.54) is 16.9 Å². The average Bonchev–Trinajstić information content (AvgIpc) is 2.86. The summed E-state index contributed by atoms with van der Waals surface area (Å²) >= 11 is 1.75. The van der Waals surface area contributed by atoms with Gasteiger partial charge >= 0.3 is 0 Å². The lowest BCUT2D eigenvalue weighted by atomic mass is 10.2. The third-order valence-corrected chi connectivity index (χ3v) is 3.64. The SMILES string of the molecule is CSCCCNC(=O)c1cnn(-c2ccc(=O)[nH]n2)c1C. The molecular formula is C13H17N5O2S. The Morgan fingerprint density at radius 3 is 2.95 bits per heavy atom. The summed E-state index contributed by atoms with van der Waals surface area (Å²) in [7, 11) is 0. The van der Waals surface area contributed by atoms with Gasteiger partial charge in [0.1, 0.15) is 0 Å². The molecule has 2 rings (SSSR count). The lowest BCUT2D eigenvalue weighted by molar-refractivity contribution is 0.0953. The molecule has 8 heteroatoms. The van der Waals surface area contributed by atoms with Crippen LogP contribution in [0.4, 0.5) is 0 Å². The number of aromatic amines is 1. The zero-order valence-electron chi connectivity index (χ0n) is 11.9. The van der Waals surface area contributed by atoms with Crippen LogP contribution >= 0.6 is 11.8 Å². The van der Waals surface area contributed by atoms with Gasteiger partial charge in [0.05, 0.1) is 17.5 Å². The number of amides is 1. The molecule has 0 atom stereocenters. The number of thioether (sulfide) groups is 1. The van der Waals surface area contributed by atoms with Crippen molar-refractivity contribution >= 4 is 17.7 Å². The van der Waals surface area contributed by atoms with Crippen LogP contribution in [0.2, 0.25) is 0 Å². The van der Waals surface area contributed by atoms with Crippen LogP contribution in [0.15, 0.2) is 23.1 Å². The molecule has 7 nitrogen and oxygen atoms in total. The second-order valence-corrected chi connectivity index (χ2v) is 5.42. The number of H-pyrrole nitrogens is 1. The predicted octanol–water partition coefficient (Wildman–Crippen LogP) is 0.747. The van der Waals surface area contributed by atoms with Crippen LogP contribution in [0.5, 0.6) is 0 Å². The van der Waals surface area contributed by atoms with E-state index in [1.807, 2.05) is 6.26 Å². The molecule has 112 valence electrons. The highest BCUT2D eigenvalue weighted by Gasteiger charge is 2.15. The topological polar surface area (TPSA) is 92.7 Å². The van der Waals surface area contributed by atoms with E-state index < -0.39 is 0 Å². The first-order valence-corrected chi connectivity index (χ1v) is 7.90. The first-order chi connectivity index (χ1) is 10.1. The summed E-state index contributed by atoms with van der Waals surface area (Å²) < 4.78 is 1.52. The largest absolute Gasteiger partial charge is 0.352 e. The fraction of sp³-hybridized carbons (Fsp3) is 0.385. The fourth-order valence-electron chi connectivity index (χ4n) is 1.83. The van der Waals surface area contributed by atoms with Gasteiger partial charge in [-0.25, -0.2) is 9.78 Å². The molecule has 0 aliphatic carbocycles. The van der Waals surface area contributed by atoms with E-state index in [0.29, 0.717) is 23.6 Å². The maximum absolute atomic E-state index is 12.1. The molecule has 2 N–H and O–H groups in total. The van der Waals surface area contributed by atoms with Crippen molar-refractivity contribution in [1.29, 1.82) is 0 Å². The third-order valence-electron chi connectivity index (χ3n) is 2.95. The lowest BCUT2D eigenvalue weighted by Crippen LogP contribution is -2.25. The molecule has 0 aromatic carbocycles. The van der Waals surface area contributed by atoms with Gasteiger partial charge in [0, 0.05) is 12.6 Å². The number of hydrogen-bond acceptors (Lipinski definition) is 5. The smallest absolute Gasteiger partial charge is 0.264 e. The molecule has 0 unspecified atom stereocenters. The van der Waals surface area contributed by atoms with Gasteiger partial charge < -0.3 is 5.32 Å². The fourth-order valence-corrected chi connectivity index (χ4v) is 2.27. The minimum Gasteiger partial charge on any atom is -0.352 e. The maximum atomic E-state index is 12.1. The molecule has 0 radical (unpaired) electrons. The molecule has 0 fully saturated rings. The predicted molar refractivity (Wildman–Crippen MR) is 82.0 cm³/mol. The van der Waals surface area contributed by atoms with Crippen LogP contribution < -0.4 is 10.9 Å². The number of aromatic nitrogens is 4. The molecule has 0 saturated heterocycles. The summed E-state index contributed by atoms with van der Waals surface area (Å²) in [4.78, 5) is 23.1. The lowest BCUT2D eigenvalue weighted by Gasteiger charge is -2.05. The summed E-state index contributed by atoms with van der Waals surface area (Å²) in [6, 6.07) is 2.92. The zero-order chi connectivity index (χ0) is 15.2. The van der Waals surface area contributed by atoms with Crippen molar-refractivity contribution in [3.63, 3.8) is 0 Å². The summed E-state index contributed by atoms with van der Waals surface area (Å²) in [5.41, 5.74) is 0.902. The van der Waals surface area contributed by atoms with E-state index in [9.17, 15) is 9.59 Å². The molecule has 2 aromatic rings. The Morgan fingerprint density at radius 1 is 1.48 bits per heavy atom. The monoisotopic (exact) mass is 307 g/mol. The highest BCUT2D eigenvalue weighted by molar-refractivity contribution is 7.98. The van der Waals surface area contributed by atoms with Gasteiger partial charge in [-0.3, -0.25) is 9.59 Å². The summed E-state index contributed by atoms with van der Waals surface area (Å²) in [6.07, 6.45) is 4.47. The summed E-state index contributed by atoms with van der Waals surface area (Å²) in [5.74, 6) is 1.33. The Kier molecular flexibility index (Phi) is 5.15. The van der Waals surface area contributed by atoms with Crippen molar-refractivity contribution in [3.8, 4) is 5.82 Å². The van der Waals surface area contributed by atoms with Crippen LogP contribution in [0, 0.1) is 6.92 Å². The zero-order valence-corrected chi connectivity index (χ0v) is 12.7. The molecule has 0 saturated carbocycles. The Balaban J connectivity index is 2.11. The van der Waals surface area contributed by atoms with Crippen molar-refractivity contribution in [2.75, 3.05) is 18.6 Å². The van der Waals surface area contributed by atoms with Gasteiger partial charge in [-0.2, -0.15) is 22.0 Å². The average molecular weight is 307 g/mol. The standard InChI is InChI=1S/C13H17N5O2S/c1-9-10(13(20)14-6-3-7-21-2)8-15-18(9)11-4-5-12(19)17-16-11/h4-5,8H,3,6-7H2,1-2H3,(H,14,20)(H,17,19). The number of carbonyl (C=O) groups is 1. The molecular weight excluding hydrogens is 290 g/mol. The number of nitrogens with one attached hydrogen (secondary N) is 2. The third kappa shape index (κ3) is 3.72. The Morgan fingerprint density at radius 2 is 2.29 bits per heavy atom. The summed E-state index contributed by atoms with van der Waals surface area (Å²) in [6.45, 7) is 2.43. The van der Waals surface area contributed by atoms with Crippen LogP contribution in [0.25, 0.3) is 5.82 Å². The second kappa shape index (κ2) is 7.07. The highest BCUT2D eigenvalue weighted by Crippen LogP contribution is 2.11. The van der Waals surface area contributed by atoms with Gasteiger partial charge in [0.15, 0.2) is 5.82 Å². The minimum atomic E-state index is -0.282. The first-order valence-electron chi connectivity index (χ1n) is 6.51. The van der Waals surface area contributed by atoms with Crippen molar-refractivity contribution in [1.82, 2.24) is 25.3 Å².